The summed E-state index contributed by atoms with van der Waals surface area (Å²) in [5, 5.41) is 5.58. The molecule has 324 valence electrons. The lowest BCUT2D eigenvalue weighted by molar-refractivity contribution is 0.0932. The molecule has 0 spiro atoms. The average molecular weight is 866 g/mol. The number of nitrogens with zero attached hydrogens (tertiary/aromatic N) is 4. The Morgan fingerprint density at radius 1 is 0.903 bits per heavy atom. The zero-order chi connectivity index (χ0) is 44.1. The predicted octanol–water partition coefficient (Wildman–Crippen LogP) is 7.95. The van der Waals surface area contributed by atoms with Gasteiger partial charge in [0.05, 0.1) is 24.8 Å². The van der Waals surface area contributed by atoms with E-state index in [1.807, 2.05) is 64.0 Å². The van der Waals surface area contributed by atoms with E-state index >= 15 is 0 Å². The molecule has 0 bridgehead atoms. The Morgan fingerprint density at radius 2 is 1.55 bits per heavy atom. The summed E-state index contributed by atoms with van der Waals surface area (Å²) >= 11 is -1.37. The number of carbonyl (C=O) groups excluding carboxylic acids is 1. The highest BCUT2D eigenvalue weighted by molar-refractivity contribution is 7.90. The summed E-state index contributed by atoms with van der Waals surface area (Å²) in [5.41, 5.74) is 6.08. The summed E-state index contributed by atoms with van der Waals surface area (Å²) in [7, 11) is 1.15. The van der Waals surface area contributed by atoms with E-state index in [0.717, 1.165) is 54.0 Å². The molecule has 1 N–H and O–H groups in total. The van der Waals surface area contributed by atoms with E-state index in [-0.39, 0.29) is 23.0 Å². The fraction of sp³-hybridized carbons (Fsp3) is 0.385. The summed E-state index contributed by atoms with van der Waals surface area (Å²) in [6, 6.07) is 41.7. The monoisotopic (exact) mass is 865 g/mol. The number of rotatable bonds is 13. The molecule has 0 aliphatic carbocycles. The van der Waals surface area contributed by atoms with E-state index in [2.05, 4.69) is 144 Å². The van der Waals surface area contributed by atoms with Crippen LogP contribution in [0.5, 0.6) is 0 Å². The SMILES string of the molecule is CN(C)CC#Cc1cccc(-c2nc(C(=O)N[C@H]3CCN(Cc4ccccc4)C3)cc3c2[C@@H](CCO[Si](c2ccccc2)(c2ccccc2)C(C)(C)C)N([S@+]([O-])C(C)(C)C)C3)c1. The molecule has 3 atom stereocenters. The number of hydrogen-bond acceptors (Lipinski definition) is 7. The topological polar surface area (TPSA) is 84.0 Å². The Morgan fingerprint density at radius 3 is 2.16 bits per heavy atom. The quantitative estimate of drug-likeness (QED) is 0.0732. The van der Waals surface area contributed by atoms with Crippen LogP contribution in [0.1, 0.15) is 93.2 Å². The third-order valence-electron chi connectivity index (χ3n) is 11.9. The fourth-order valence-corrected chi connectivity index (χ4v) is 15.0. The Labute approximate surface area is 374 Å². The summed E-state index contributed by atoms with van der Waals surface area (Å²) in [6.07, 6.45) is 1.46. The first-order chi connectivity index (χ1) is 29.6. The van der Waals surface area contributed by atoms with E-state index in [1.54, 1.807) is 0 Å². The highest BCUT2D eigenvalue weighted by Gasteiger charge is 2.51. The zero-order valence-electron chi connectivity index (χ0n) is 37.8. The summed E-state index contributed by atoms with van der Waals surface area (Å²) < 4.78 is 23.7. The molecule has 0 radical (unpaired) electrons. The van der Waals surface area contributed by atoms with Crippen molar-refractivity contribution in [2.24, 2.45) is 0 Å². The first-order valence-electron chi connectivity index (χ1n) is 21.9. The molecule has 3 heterocycles. The van der Waals surface area contributed by atoms with Gasteiger partial charge in [0.25, 0.3) is 14.2 Å². The standard InChI is InChI=1S/C52H63N5O3SSi/c1-51(2,3)61(59)57-37-42-35-46(50(58)53-43-29-32-56(38-43)36-40-20-12-9-13-21-40)54-49(41-24-18-22-39(34-41)23-19-31-55(7)8)48(42)47(57)30-33-60-62(52(4,5)6,44-25-14-10-15-26-44)45-27-16-11-17-28-45/h9-18,20-22,24-28,34-35,43,47H,29-33,36-38H2,1-8H3,(H,53,58)/t43-,47+,61+/m0/s1. The van der Waals surface area contributed by atoms with Gasteiger partial charge in [0.2, 0.25) is 0 Å². The second-order valence-corrected chi connectivity index (χ2v) is 25.5. The minimum absolute atomic E-state index is 0.0104. The molecule has 2 aliphatic rings. The predicted molar refractivity (Wildman–Crippen MR) is 257 cm³/mol. The van der Waals surface area contributed by atoms with Gasteiger partial charge in [0.1, 0.15) is 10.4 Å². The van der Waals surface area contributed by atoms with Crippen LogP contribution in [-0.2, 0) is 28.9 Å². The Balaban J connectivity index is 1.27. The second kappa shape index (κ2) is 19.4. The number of aromatic nitrogens is 1. The Hall–Kier alpha value is -4.57. The number of benzene rings is 4. The van der Waals surface area contributed by atoms with Gasteiger partial charge in [-0.15, -0.1) is 4.31 Å². The number of hydrogen-bond donors (Lipinski definition) is 1. The zero-order valence-corrected chi connectivity index (χ0v) is 39.6. The molecule has 1 aromatic heterocycles. The van der Waals surface area contributed by atoms with Gasteiger partial charge < -0.3 is 14.3 Å². The molecule has 1 fully saturated rings. The molecule has 0 saturated carbocycles. The van der Waals surface area contributed by atoms with Crippen LogP contribution in [0.3, 0.4) is 0 Å². The number of fused-ring (bicyclic) bond motifs is 1. The molecule has 1 amide bonds. The van der Waals surface area contributed by atoms with Crippen LogP contribution in [0, 0.1) is 11.8 Å². The maximum absolute atomic E-state index is 14.7. The van der Waals surface area contributed by atoms with E-state index in [1.165, 1.54) is 15.9 Å². The Kier molecular flexibility index (Phi) is 14.3. The molecular weight excluding hydrogens is 803 g/mol. The van der Waals surface area contributed by atoms with E-state index in [4.69, 9.17) is 9.41 Å². The lowest BCUT2D eigenvalue weighted by Crippen LogP contribution is -2.66. The molecule has 1 saturated heterocycles. The number of carbonyl (C=O) groups is 1. The molecule has 10 heteroatoms. The van der Waals surface area contributed by atoms with Gasteiger partial charge >= 0.3 is 0 Å². The number of nitrogens with one attached hydrogen (secondary N) is 1. The minimum atomic E-state index is -2.86. The fourth-order valence-electron chi connectivity index (χ4n) is 9.01. The van der Waals surface area contributed by atoms with Gasteiger partial charge in [-0.1, -0.05) is 136 Å². The normalized spacial score (nSPS) is 17.7. The summed E-state index contributed by atoms with van der Waals surface area (Å²) in [4.78, 5) is 24.0. The molecular formula is C52H63N5O3SSi. The van der Waals surface area contributed by atoms with Crippen LogP contribution in [0.25, 0.3) is 11.3 Å². The van der Waals surface area contributed by atoms with Gasteiger partial charge in [-0.25, -0.2) is 4.98 Å². The number of likely N-dealkylation sites (tertiary alicyclic amines) is 1. The maximum atomic E-state index is 14.7. The summed E-state index contributed by atoms with van der Waals surface area (Å²) in [5.74, 6) is 6.42. The van der Waals surface area contributed by atoms with Crippen LogP contribution in [0.2, 0.25) is 5.04 Å². The number of pyridine rings is 1. The molecule has 7 rings (SSSR count). The number of amides is 1. The van der Waals surface area contributed by atoms with E-state index < -0.39 is 24.4 Å². The molecule has 62 heavy (non-hydrogen) atoms. The van der Waals surface area contributed by atoms with Crippen molar-refractivity contribution in [2.45, 2.75) is 89.3 Å². The van der Waals surface area contributed by atoms with Crippen molar-refractivity contribution in [3.63, 3.8) is 0 Å². The van der Waals surface area contributed by atoms with Crippen LogP contribution >= 0.6 is 0 Å². The Bertz CT molecular complexity index is 2320. The smallest absolute Gasteiger partial charge is 0.270 e. The van der Waals surface area contributed by atoms with E-state index in [9.17, 15) is 9.35 Å². The largest absolute Gasteiger partial charge is 0.597 e. The van der Waals surface area contributed by atoms with Crippen molar-refractivity contribution in [3.05, 3.63) is 149 Å². The summed E-state index contributed by atoms with van der Waals surface area (Å²) in [6.45, 7) is 17.0. The first kappa shape index (κ1) is 45.5. The van der Waals surface area contributed by atoms with Crippen LogP contribution in [0.4, 0.5) is 0 Å². The maximum Gasteiger partial charge on any atom is 0.270 e. The molecule has 8 nitrogen and oxygen atoms in total. The van der Waals surface area contributed by atoms with E-state index in [0.29, 0.717) is 31.8 Å². The van der Waals surface area contributed by atoms with Crippen LogP contribution in [0.15, 0.2) is 121 Å². The highest BCUT2D eigenvalue weighted by atomic mass is 32.2. The second-order valence-electron chi connectivity index (χ2n) is 19.0. The van der Waals surface area contributed by atoms with Crippen molar-refractivity contribution < 1.29 is 13.8 Å². The lowest BCUT2D eigenvalue weighted by Gasteiger charge is -2.43. The van der Waals surface area contributed by atoms with Gasteiger partial charge in [0, 0.05) is 60.3 Å². The lowest BCUT2D eigenvalue weighted by atomic mass is 9.95. The van der Waals surface area contributed by atoms with Crippen molar-refractivity contribution in [3.8, 4) is 23.1 Å². The third kappa shape index (κ3) is 10.3. The van der Waals surface area contributed by atoms with Gasteiger partial charge in [-0.2, -0.15) is 0 Å². The van der Waals surface area contributed by atoms with Gasteiger partial charge in [-0.3, -0.25) is 14.6 Å². The minimum Gasteiger partial charge on any atom is -0.597 e. The average Bonchev–Trinajstić information content (AvgIpc) is 3.85. The molecule has 0 unspecified atom stereocenters. The molecule has 4 aromatic carbocycles. The highest BCUT2D eigenvalue weighted by Crippen LogP contribution is 2.46. The van der Waals surface area contributed by atoms with Crippen molar-refractivity contribution >= 4 is 36.0 Å². The van der Waals surface area contributed by atoms with Gasteiger partial charge in [0.15, 0.2) is 0 Å². The van der Waals surface area contributed by atoms with Crippen molar-refractivity contribution in [1.82, 2.24) is 24.4 Å². The van der Waals surface area contributed by atoms with Crippen LogP contribution < -0.4 is 15.7 Å². The van der Waals surface area contributed by atoms with Crippen molar-refractivity contribution in [1.29, 1.82) is 0 Å². The van der Waals surface area contributed by atoms with Gasteiger partial charge in [-0.05, 0) is 92.4 Å². The van der Waals surface area contributed by atoms with Crippen LogP contribution in [-0.4, -0.2) is 89.0 Å². The third-order valence-corrected chi connectivity index (χ3v) is 18.8. The van der Waals surface area contributed by atoms with Crippen molar-refractivity contribution in [2.75, 3.05) is 40.3 Å². The molecule has 5 aromatic rings. The first-order valence-corrected chi connectivity index (χ1v) is 24.9. The molecule has 2 aliphatic heterocycles.